The van der Waals surface area contributed by atoms with Gasteiger partial charge in [0, 0.05) is 10.9 Å². The fourth-order valence-corrected chi connectivity index (χ4v) is 3.77. The first-order valence-corrected chi connectivity index (χ1v) is 8.46. The summed E-state index contributed by atoms with van der Waals surface area (Å²) in [6.45, 7) is 0. The maximum absolute atomic E-state index is 5.04. The monoisotopic (exact) mass is 307 g/mol. The minimum Gasteiger partial charge on any atom is -0.247 e. The molecule has 1 aliphatic carbocycles. The number of pyridine rings is 1. The third-order valence-electron chi connectivity index (χ3n) is 4.96. The zero-order valence-electron chi connectivity index (χ0n) is 13.4. The molecule has 0 aliphatic heterocycles. The number of aromatic nitrogens is 1. The normalized spacial score (nSPS) is 12.7. The van der Waals surface area contributed by atoms with Crippen molar-refractivity contribution in [2.45, 2.75) is 12.8 Å². The molecule has 0 N–H and O–H groups in total. The van der Waals surface area contributed by atoms with E-state index < -0.39 is 0 Å². The van der Waals surface area contributed by atoms with E-state index in [4.69, 9.17) is 4.98 Å². The lowest BCUT2D eigenvalue weighted by molar-refractivity contribution is 0.933. The number of aryl methyl sites for hydroxylation is 2. The van der Waals surface area contributed by atoms with Gasteiger partial charge in [0.15, 0.2) is 0 Å². The first kappa shape index (κ1) is 13.5. The molecule has 0 atom stereocenters. The van der Waals surface area contributed by atoms with Crippen LogP contribution < -0.4 is 0 Å². The van der Waals surface area contributed by atoms with Crippen molar-refractivity contribution in [2.75, 3.05) is 0 Å². The van der Waals surface area contributed by atoms with Gasteiger partial charge in [-0.2, -0.15) is 0 Å². The maximum atomic E-state index is 5.04. The second-order valence-electron chi connectivity index (χ2n) is 6.39. The second-order valence-corrected chi connectivity index (χ2v) is 6.39. The van der Waals surface area contributed by atoms with Gasteiger partial charge in [0.25, 0.3) is 0 Å². The Morgan fingerprint density at radius 3 is 2.29 bits per heavy atom. The number of benzene rings is 3. The van der Waals surface area contributed by atoms with Crippen molar-refractivity contribution >= 4 is 10.9 Å². The van der Waals surface area contributed by atoms with E-state index in [1.54, 1.807) is 0 Å². The van der Waals surface area contributed by atoms with E-state index in [-0.39, 0.29) is 0 Å². The Kier molecular flexibility index (Phi) is 2.99. The summed E-state index contributed by atoms with van der Waals surface area (Å²) in [5, 5.41) is 1.25. The van der Waals surface area contributed by atoms with E-state index in [0.29, 0.717) is 0 Å². The van der Waals surface area contributed by atoms with Crippen LogP contribution in [-0.4, -0.2) is 4.98 Å². The summed E-state index contributed by atoms with van der Waals surface area (Å²) in [4.78, 5) is 5.04. The summed E-state index contributed by atoms with van der Waals surface area (Å²) >= 11 is 0. The van der Waals surface area contributed by atoms with Crippen LogP contribution in [0.25, 0.3) is 33.3 Å². The molecule has 0 amide bonds. The topological polar surface area (TPSA) is 12.9 Å². The average molecular weight is 307 g/mol. The first-order chi connectivity index (χ1) is 11.9. The molecule has 0 unspecified atom stereocenters. The Hall–Kier alpha value is -2.93. The Morgan fingerprint density at radius 2 is 1.38 bits per heavy atom. The highest BCUT2D eigenvalue weighted by Gasteiger charge is 2.18. The van der Waals surface area contributed by atoms with Gasteiger partial charge in [-0.15, -0.1) is 0 Å². The van der Waals surface area contributed by atoms with Crippen molar-refractivity contribution in [3.8, 4) is 22.4 Å². The summed E-state index contributed by atoms with van der Waals surface area (Å²) in [7, 11) is 0. The van der Waals surface area contributed by atoms with Gasteiger partial charge in [0.05, 0.1) is 11.2 Å². The van der Waals surface area contributed by atoms with Crippen LogP contribution in [0.4, 0.5) is 0 Å². The summed E-state index contributed by atoms with van der Waals surface area (Å²) in [5.41, 5.74) is 8.83. The van der Waals surface area contributed by atoms with Crippen molar-refractivity contribution in [2.24, 2.45) is 0 Å². The van der Waals surface area contributed by atoms with Gasteiger partial charge in [-0.3, -0.25) is 0 Å². The van der Waals surface area contributed by atoms with Gasteiger partial charge < -0.3 is 0 Å². The highest BCUT2D eigenvalue weighted by molar-refractivity contribution is 5.96. The quantitative estimate of drug-likeness (QED) is 0.441. The molecule has 5 rings (SSSR count). The van der Waals surface area contributed by atoms with E-state index >= 15 is 0 Å². The van der Waals surface area contributed by atoms with Crippen LogP contribution in [0.15, 0.2) is 78.9 Å². The molecule has 1 aromatic heterocycles. The lowest BCUT2D eigenvalue weighted by Crippen LogP contribution is -2.06. The zero-order valence-corrected chi connectivity index (χ0v) is 13.4. The molecule has 1 heteroatoms. The lowest BCUT2D eigenvalue weighted by Gasteiger charge is -2.20. The molecule has 1 aliphatic rings. The Balaban J connectivity index is 1.78. The molecule has 0 fully saturated rings. The van der Waals surface area contributed by atoms with E-state index in [9.17, 15) is 0 Å². The van der Waals surface area contributed by atoms with Crippen molar-refractivity contribution < 1.29 is 0 Å². The minimum absolute atomic E-state index is 1.07. The number of hydrogen-bond acceptors (Lipinski definition) is 1. The Morgan fingerprint density at radius 1 is 0.625 bits per heavy atom. The molecule has 1 heterocycles. The standard InChI is InChI=1S/C23H17N/c1-2-7-16(8-3-1)19-11-6-12-22-21(19)15-18-14-13-17-9-4-5-10-20(17)23(18)24-22/h1-12,15H,13-14H2. The molecule has 0 radical (unpaired) electrons. The SMILES string of the molecule is c1ccc(-c2cccc3nc4c(cc23)CCc2ccccc2-4)cc1. The van der Waals surface area contributed by atoms with Crippen molar-refractivity contribution in [3.63, 3.8) is 0 Å². The van der Waals surface area contributed by atoms with E-state index in [1.807, 2.05) is 0 Å². The van der Waals surface area contributed by atoms with Crippen molar-refractivity contribution in [1.29, 1.82) is 0 Å². The molecule has 3 aromatic carbocycles. The van der Waals surface area contributed by atoms with Gasteiger partial charge in [-0.25, -0.2) is 4.98 Å². The van der Waals surface area contributed by atoms with E-state index in [1.165, 1.54) is 33.2 Å². The van der Waals surface area contributed by atoms with Gasteiger partial charge >= 0.3 is 0 Å². The van der Waals surface area contributed by atoms with Crippen LogP contribution in [0.3, 0.4) is 0 Å². The molecule has 4 aromatic rings. The second kappa shape index (κ2) is 5.31. The summed E-state index contributed by atoms with van der Waals surface area (Å²) < 4.78 is 0. The molecule has 0 saturated heterocycles. The van der Waals surface area contributed by atoms with Gasteiger partial charge in [0.1, 0.15) is 0 Å². The first-order valence-electron chi connectivity index (χ1n) is 8.46. The number of rotatable bonds is 1. The van der Waals surface area contributed by atoms with E-state index in [2.05, 4.69) is 78.9 Å². The molecule has 0 bridgehead atoms. The third-order valence-corrected chi connectivity index (χ3v) is 4.96. The summed E-state index contributed by atoms with van der Waals surface area (Å²) in [6.07, 6.45) is 2.17. The molecule has 24 heavy (non-hydrogen) atoms. The molecule has 114 valence electrons. The maximum Gasteiger partial charge on any atom is 0.0744 e. The number of nitrogens with zero attached hydrogens (tertiary/aromatic N) is 1. The fraction of sp³-hybridized carbons (Fsp3) is 0.0870. The van der Waals surface area contributed by atoms with Gasteiger partial charge in [-0.05, 0) is 47.2 Å². The predicted octanol–water partition coefficient (Wildman–Crippen LogP) is 5.67. The van der Waals surface area contributed by atoms with Crippen molar-refractivity contribution in [3.05, 3.63) is 90.0 Å². The lowest BCUT2D eigenvalue weighted by atomic mass is 9.87. The molecule has 0 saturated carbocycles. The zero-order chi connectivity index (χ0) is 15.9. The molecule has 1 nitrogen and oxygen atoms in total. The fourth-order valence-electron chi connectivity index (χ4n) is 3.77. The minimum atomic E-state index is 1.07. The van der Waals surface area contributed by atoms with Crippen molar-refractivity contribution in [1.82, 2.24) is 4.98 Å². The highest BCUT2D eigenvalue weighted by Crippen LogP contribution is 2.36. The van der Waals surface area contributed by atoms with Crippen LogP contribution in [-0.2, 0) is 12.8 Å². The van der Waals surface area contributed by atoms with Crippen LogP contribution in [0, 0.1) is 0 Å². The third kappa shape index (κ3) is 2.05. The molecule has 0 spiro atoms. The van der Waals surface area contributed by atoms with Crippen LogP contribution >= 0.6 is 0 Å². The number of hydrogen-bond donors (Lipinski definition) is 0. The predicted molar refractivity (Wildman–Crippen MR) is 100 cm³/mol. The largest absolute Gasteiger partial charge is 0.247 e. The van der Waals surface area contributed by atoms with Crippen LogP contribution in [0.1, 0.15) is 11.1 Å². The van der Waals surface area contributed by atoms with Crippen LogP contribution in [0.5, 0.6) is 0 Å². The molecular weight excluding hydrogens is 290 g/mol. The van der Waals surface area contributed by atoms with E-state index in [0.717, 1.165) is 24.1 Å². The molecular formula is C23H17N. The smallest absolute Gasteiger partial charge is 0.0744 e. The van der Waals surface area contributed by atoms with Crippen LogP contribution in [0.2, 0.25) is 0 Å². The summed E-state index contributed by atoms with van der Waals surface area (Å²) in [5.74, 6) is 0. The summed E-state index contributed by atoms with van der Waals surface area (Å²) in [6, 6.07) is 28.0. The van der Waals surface area contributed by atoms with Gasteiger partial charge in [0.2, 0.25) is 0 Å². The Bertz CT molecular complexity index is 1050. The number of fused-ring (bicyclic) bond motifs is 4. The van der Waals surface area contributed by atoms with Gasteiger partial charge in [-0.1, -0.05) is 66.7 Å². The Labute approximate surface area is 141 Å². The highest BCUT2D eigenvalue weighted by atomic mass is 14.7. The average Bonchev–Trinajstić information content (AvgIpc) is 2.66.